The minimum atomic E-state index is 0.173. The molecule has 0 atom stereocenters. The molecule has 0 radical (unpaired) electrons. The maximum atomic E-state index is 5.78. The zero-order chi connectivity index (χ0) is 14.8. The number of hydrogen-bond donors (Lipinski definition) is 2. The molecule has 3 heterocycles. The van der Waals surface area contributed by atoms with Gasteiger partial charge in [0.15, 0.2) is 11.5 Å². The van der Waals surface area contributed by atoms with Crippen molar-refractivity contribution < 1.29 is 0 Å². The summed E-state index contributed by atoms with van der Waals surface area (Å²) in [4.78, 5) is 12.7. The van der Waals surface area contributed by atoms with Gasteiger partial charge in [-0.05, 0) is 19.1 Å². The summed E-state index contributed by atoms with van der Waals surface area (Å²) >= 11 is 0. The lowest BCUT2D eigenvalue weighted by atomic mass is 10.2. The Balaban J connectivity index is 2.08. The van der Waals surface area contributed by atoms with Crippen molar-refractivity contribution >= 4 is 16.9 Å². The smallest absolute Gasteiger partial charge is 0.171 e. The number of aromatic nitrogens is 5. The fourth-order valence-corrected chi connectivity index (χ4v) is 2.04. The van der Waals surface area contributed by atoms with Gasteiger partial charge in [0.05, 0.1) is 11.9 Å². The Labute approximate surface area is 120 Å². The maximum absolute atomic E-state index is 5.78. The molecule has 3 aromatic rings. The average Bonchev–Trinajstić information content (AvgIpc) is 2.88. The van der Waals surface area contributed by atoms with Crippen LogP contribution in [0.4, 0.5) is 0 Å². The van der Waals surface area contributed by atoms with Gasteiger partial charge in [-0.15, -0.1) is 0 Å². The summed E-state index contributed by atoms with van der Waals surface area (Å²) in [5, 5.41) is 8.75. The van der Waals surface area contributed by atoms with Crippen molar-refractivity contribution in [2.75, 3.05) is 0 Å². The highest BCUT2D eigenvalue weighted by molar-refractivity contribution is 6.06. The van der Waals surface area contributed by atoms with Gasteiger partial charge >= 0.3 is 0 Å². The van der Waals surface area contributed by atoms with Crippen molar-refractivity contribution in [3.8, 4) is 0 Å². The maximum Gasteiger partial charge on any atom is 0.171 e. The SMILES string of the molecule is Cc1ncc(Cn2nc(/C(N)=N/N)c3cccnc32)cn1. The molecule has 0 saturated heterocycles. The molecule has 0 bridgehead atoms. The van der Waals surface area contributed by atoms with Crippen molar-refractivity contribution in [1.29, 1.82) is 0 Å². The molecular formula is C13H14N8. The Morgan fingerprint density at radius 3 is 2.76 bits per heavy atom. The van der Waals surface area contributed by atoms with Crippen LogP contribution in [-0.2, 0) is 6.54 Å². The first kappa shape index (κ1) is 13.0. The van der Waals surface area contributed by atoms with Gasteiger partial charge in [-0.1, -0.05) is 0 Å². The number of amidine groups is 1. The molecule has 0 amide bonds. The number of nitrogens with zero attached hydrogens (tertiary/aromatic N) is 6. The molecule has 0 unspecified atom stereocenters. The van der Waals surface area contributed by atoms with Gasteiger partial charge < -0.3 is 11.6 Å². The molecule has 8 nitrogen and oxygen atoms in total. The van der Waals surface area contributed by atoms with Crippen LogP contribution in [0, 0.1) is 6.92 Å². The number of nitrogens with two attached hydrogens (primary N) is 2. The Bertz CT molecular complexity index is 803. The van der Waals surface area contributed by atoms with Crippen molar-refractivity contribution in [1.82, 2.24) is 24.7 Å². The highest BCUT2D eigenvalue weighted by Crippen LogP contribution is 2.17. The summed E-state index contributed by atoms with van der Waals surface area (Å²) in [5.41, 5.74) is 7.94. The third-order valence-electron chi connectivity index (χ3n) is 3.06. The molecule has 3 aromatic heterocycles. The standard InChI is InChI=1S/C13H14N8/c1-8-17-5-9(6-18-8)7-21-13-10(3-2-4-16-13)11(20-21)12(14)19-15/h2-6H,7,15H2,1H3,(H2,14,19). The molecule has 21 heavy (non-hydrogen) atoms. The van der Waals surface area contributed by atoms with Crippen molar-refractivity contribution in [3.63, 3.8) is 0 Å². The lowest BCUT2D eigenvalue weighted by molar-refractivity contribution is 0.695. The van der Waals surface area contributed by atoms with Gasteiger partial charge in [0.25, 0.3) is 0 Å². The molecule has 0 saturated carbocycles. The summed E-state index contributed by atoms with van der Waals surface area (Å²) < 4.78 is 1.73. The van der Waals surface area contributed by atoms with E-state index in [2.05, 4.69) is 25.2 Å². The first-order chi connectivity index (χ1) is 10.2. The van der Waals surface area contributed by atoms with E-state index in [4.69, 9.17) is 11.6 Å². The van der Waals surface area contributed by atoms with Crippen LogP contribution < -0.4 is 11.6 Å². The predicted octanol–water partition coefficient (Wildman–Crippen LogP) is 0.157. The molecule has 0 spiro atoms. The number of rotatable bonds is 3. The molecular weight excluding hydrogens is 268 g/mol. The van der Waals surface area contributed by atoms with E-state index in [0.29, 0.717) is 17.9 Å². The summed E-state index contributed by atoms with van der Waals surface area (Å²) in [6, 6.07) is 3.70. The third kappa shape index (κ3) is 2.38. The van der Waals surface area contributed by atoms with Gasteiger partial charge in [0.2, 0.25) is 0 Å². The van der Waals surface area contributed by atoms with E-state index in [1.54, 1.807) is 23.3 Å². The minimum Gasteiger partial charge on any atom is -0.380 e. The summed E-state index contributed by atoms with van der Waals surface area (Å²) in [7, 11) is 0. The van der Waals surface area contributed by atoms with Gasteiger partial charge in [-0.3, -0.25) is 0 Å². The van der Waals surface area contributed by atoms with E-state index >= 15 is 0 Å². The van der Waals surface area contributed by atoms with Crippen molar-refractivity contribution in [2.24, 2.45) is 16.7 Å². The lowest BCUT2D eigenvalue weighted by Crippen LogP contribution is -2.17. The summed E-state index contributed by atoms with van der Waals surface area (Å²) in [6.07, 6.45) is 5.23. The minimum absolute atomic E-state index is 0.173. The van der Waals surface area contributed by atoms with Crippen LogP contribution in [0.1, 0.15) is 17.1 Å². The number of fused-ring (bicyclic) bond motifs is 1. The molecule has 0 aliphatic heterocycles. The number of pyridine rings is 1. The quantitative estimate of drug-likeness (QED) is 0.305. The van der Waals surface area contributed by atoms with Crippen molar-refractivity contribution in [2.45, 2.75) is 13.5 Å². The topological polar surface area (TPSA) is 121 Å². The first-order valence-electron chi connectivity index (χ1n) is 6.32. The second-order valence-electron chi connectivity index (χ2n) is 4.53. The van der Waals surface area contributed by atoms with Crippen LogP contribution in [0.15, 0.2) is 35.8 Å². The van der Waals surface area contributed by atoms with Crippen LogP contribution in [0.2, 0.25) is 0 Å². The van der Waals surface area contributed by atoms with Crippen LogP contribution in [0.5, 0.6) is 0 Å². The Hall–Kier alpha value is -3.03. The predicted molar refractivity (Wildman–Crippen MR) is 78.3 cm³/mol. The van der Waals surface area contributed by atoms with E-state index in [0.717, 1.165) is 16.8 Å². The molecule has 0 aromatic carbocycles. The van der Waals surface area contributed by atoms with E-state index in [9.17, 15) is 0 Å². The number of hydrogen-bond acceptors (Lipinski definition) is 6. The third-order valence-corrected chi connectivity index (χ3v) is 3.06. The molecule has 0 aliphatic carbocycles. The number of aryl methyl sites for hydroxylation is 1. The summed E-state index contributed by atoms with van der Waals surface area (Å²) in [6.45, 7) is 2.33. The highest BCUT2D eigenvalue weighted by Gasteiger charge is 2.14. The second kappa shape index (κ2) is 5.16. The zero-order valence-corrected chi connectivity index (χ0v) is 11.4. The van der Waals surface area contributed by atoms with Gasteiger partial charge in [0.1, 0.15) is 11.5 Å². The molecule has 8 heteroatoms. The summed E-state index contributed by atoms with van der Waals surface area (Å²) in [5.74, 6) is 6.14. The van der Waals surface area contributed by atoms with E-state index in [1.807, 2.05) is 19.1 Å². The molecule has 106 valence electrons. The van der Waals surface area contributed by atoms with Crippen LogP contribution in [0.25, 0.3) is 11.0 Å². The molecule has 3 rings (SSSR count). The largest absolute Gasteiger partial charge is 0.380 e. The molecule has 0 aliphatic rings. The Morgan fingerprint density at radius 2 is 2.05 bits per heavy atom. The second-order valence-corrected chi connectivity index (χ2v) is 4.53. The van der Waals surface area contributed by atoms with Gasteiger partial charge in [0, 0.05) is 24.2 Å². The average molecular weight is 282 g/mol. The first-order valence-corrected chi connectivity index (χ1v) is 6.32. The van der Waals surface area contributed by atoms with E-state index in [-0.39, 0.29) is 5.84 Å². The fraction of sp³-hybridized carbons (Fsp3) is 0.154. The van der Waals surface area contributed by atoms with E-state index < -0.39 is 0 Å². The van der Waals surface area contributed by atoms with Crippen molar-refractivity contribution in [3.05, 3.63) is 47.8 Å². The van der Waals surface area contributed by atoms with Gasteiger partial charge in [-0.2, -0.15) is 10.2 Å². The van der Waals surface area contributed by atoms with E-state index in [1.165, 1.54) is 0 Å². The Kier molecular flexibility index (Phi) is 3.19. The molecule has 0 fully saturated rings. The highest BCUT2D eigenvalue weighted by atomic mass is 15.3. The normalized spacial score (nSPS) is 12.0. The van der Waals surface area contributed by atoms with Crippen LogP contribution in [0.3, 0.4) is 0 Å². The number of hydrazone groups is 1. The van der Waals surface area contributed by atoms with Crippen LogP contribution >= 0.6 is 0 Å². The van der Waals surface area contributed by atoms with Gasteiger partial charge in [-0.25, -0.2) is 19.6 Å². The molecule has 4 N–H and O–H groups in total. The monoisotopic (exact) mass is 282 g/mol. The Morgan fingerprint density at radius 1 is 1.29 bits per heavy atom. The van der Waals surface area contributed by atoms with Crippen LogP contribution in [-0.4, -0.2) is 30.6 Å². The lowest BCUT2D eigenvalue weighted by Gasteiger charge is -2.02. The zero-order valence-electron chi connectivity index (χ0n) is 11.4. The fourth-order valence-electron chi connectivity index (χ4n) is 2.04.